The third kappa shape index (κ3) is 6.03. The average Bonchev–Trinajstić information content (AvgIpc) is 2.73. The van der Waals surface area contributed by atoms with Gasteiger partial charge in [0.25, 0.3) is 5.91 Å². The highest BCUT2D eigenvalue weighted by Gasteiger charge is 2.15. The Bertz CT molecular complexity index is 1200. The first-order valence-corrected chi connectivity index (χ1v) is 11.4. The third-order valence-corrected chi connectivity index (χ3v) is 6.08. The molecular formula is C24H24N2O5S. The molecule has 0 heterocycles. The summed E-state index contributed by atoms with van der Waals surface area (Å²) >= 11 is 0. The number of esters is 1. The lowest BCUT2D eigenvalue weighted by Crippen LogP contribution is -2.30. The van der Waals surface area contributed by atoms with Crippen molar-refractivity contribution in [3.05, 3.63) is 78.4 Å². The summed E-state index contributed by atoms with van der Waals surface area (Å²) in [6, 6.07) is 19.9. The molecule has 0 radical (unpaired) electrons. The van der Waals surface area contributed by atoms with E-state index < -0.39 is 10.0 Å². The summed E-state index contributed by atoms with van der Waals surface area (Å²) < 4.78 is 31.9. The van der Waals surface area contributed by atoms with Crippen molar-refractivity contribution in [3.63, 3.8) is 0 Å². The Hall–Kier alpha value is -3.49. The molecule has 0 bridgehead atoms. The predicted octanol–water partition coefficient (Wildman–Crippen LogP) is 4.22. The van der Waals surface area contributed by atoms with Crippen molar-refractivity contribution < 1.29 is 22.7 Å². The summed E-state index contributed by atoms with van der Waals surface area (Å²) in [6.07, 6.45) is 0. The fraction of sp³-hybridized carbons (Fsp3) is 0.167. The first-order chi connectivity index (χ1) is 15.1. The molecule has 0 aliphatic carbocycles. The molecule has 0 saturated carbocycles. The maximum atomic E-state index is 12.5. The lowest BCUT2D eigenvalue weighted by Gasteiger charge is -2.11. The second kappa shape index (κ2) is 9.76. The van der Waals surface area contributed by atoms with Crippen LogP contribution in [0.25, 0.3) is 11.1 Å². The van der Waals surface area contributed by atoms with Gasteiger partial charge in [-0.3, -0.25) is 9.59 Å². The zero-order chi connectivity index (χ0) is 23.3. The smallest absolute Gasteiger partial charge is 0.308 e. The first-order valence-electron chi connectivity index (χ1n) is 9.97. The lowest BCUT2D eigenvalue weighted by atomic mass is 10.0. The molecule has 2 N–H and O–H groups in total. The molecule has 0 aromatic heterocycles. The van der Waals surface area contributed by atoms with E-state index in [-0.39, 0.29) is 22.8 Å². The van der Waals surface area contributed by atoms with Crippen LogP contribution < -0.4 is 14.8 Å². The van der Waals surface area contributed by atoms with E-state index in [0.29, 0.717) is 17.0 Å². The van der Waals surface area contributed by atoms with Gasteiger partial charge in [0.2, 0.25) is 10.0 Å². The number of amides is 1. The van der Waals surface area contributed by atoms with Gasteiger partial charge in [-0.2, -0.15) is 0 Å². The number of sulfonamides is 1. The third-order valence-electron chi connectivity index (χ3n) is 4.41. The van der Waals surface area contributed by atoms with Gasteiger partial charge >= 0.3 is 5.97 Å². The van der Waals surface area contributed by atoms with E-state index in [1.165, 1.54) is 19.1 Å². The van der Waals surface area contributed by atoms with Gasteiger partial charge in [0.15, 0.2) is 0 Å². The standard InChI is InChI=1S/C24H24N2O5S/c1-16(2)26-32(29,30)23-14-10-21(11-15-23)25-24(28)20-6-4-18(5-7-20)19-8-12-22(13-9-19)31-17(3)27/h4-16,26H,1-3H3,(H,25,28). The highest BCUT2D eigenvalue weighted by Crippen LogP contribution is 2.23. The summed E-state index contributed by atoms with van der Waals surface area (Å²) in [6.45, 7) is 4.84. The van der Waals surface area contributed by atoms with Gasteiger partial charge in [-0.05, 0) is 73.5 Å². The van der Waals surface area contributed by atoms with E-state index in [0.717, 1.165) is 11.1 Å². The molecule has 7 nitrogen and oxygen atoms in total. The number of ether oxygens (including phenoxy) is 1. The minimum Gasteiger partial charge on any atom is -0.427 e. The molecule has 3 aromatic rings. The molecule has 0 fully saturated rings. The van der Waals surface area contributed by atoms with Crippen LogP contribution in [0.1, 0.15) is 31.1 Å². The first kappa shape index (κ1) is 23.2. The number of carbonyl (C=O) groups is 2. The molecule has 3 rings (SSSR count). The van der Waals surface area contributed by atoms with Gasteiger partial charge < -0.3 is 10.1 Å². The Morgan fingerprint density at radius 1 is 0.812 bits per heavy atom. The number of benzene rings is 3. The van der Waals surface area contributed by atoms with E-state index in [1.54, 1.807) is 50.2 Å². The van der Waals surface area contributed by atoms with Crippen LogP contribution in [0.4, 0.5) is 5.69 Å². The minimum absolute atomic E-state index is 0.133. The number of anilines is 1. The Morgan fingerprint density at radius 2 is 1.34 bits per heavy atom. The SMILES string of the molecule is CC(=O)Oc1ccc(-c2ccc(C(=O)Nc3ccc(S(=O)(=O)NC(C)C)cc3)cc2)cc1. The zero-order valence-corrected chi connectivity index (χ0v) is 18.8. The van der Waals surface area contributed by atoms with Crippen molar-refractivity contribution in [3.8, 4) is 16.9 Å². The molecular weight excluding hydrogens is 428 g/mol. The normalized spacial score (nSPS) is 11.2. The maximum Gasteiger partial charge on any atom is 0.308 e. The number of nitrogens with one attached hydrogen (secondary N) is 2. The van der Waals surface area contributed by atoms with Crippen LogP contribution in [-0.2, 0) is 14.8 Å². The summed E-state index contributed by atoms with van der Waals surface area (Å²) in [4.78, 5) is 23.7. The molecule has 1 amide bonds. The van der Waals surface area contributed by atoms with Crippen molar-refractivity contribution in [2.45, 2.75) is 31.7 Å². The van der Waals surface area contributed by atoms with Crippen molar-refractivity contribution >= 4 is 27.6 Å². The lowest BCUT2D eigenvalue weighted by molar-refractivity contribution is -0.131. The molecule has 32 heavy (non-hydrogen) atoms. The molecule has 8 heteroatoms. The summed E-state index contributed by atoms with van der Waals surface area (Å²) in [7, 11) is -3.58. The Balaban J connectivity index is 1.66. The van der Waals surface area contributed by atoms with Crippen LogP contribution in [0.15, 0.2) is 77.7 Å². The summed E-state index contributed by atoms with van der Waals surface area (Å²) in [5.74, 6) is -0.217. The van der Waals surface area contributed by atoms with Crippen molar-refractivity contribution in [2.75, 3.05) is 5.32 Å². The van der Waals surface area contributed by atoms with Gasteiger partial charge in [0.1, 0.15) is 5.75 Å². The number of hydrogen-bond donors (Lipinski definition) is 2. The molecule has 0 unspecified atom stereocenters. The number of rotatable bonds is 7. The van der Waals surface area contributed by atoms with Gasteiger partial charge in [-0.1, -0.05) is 24.3 Å². The summed E-state index contributed by atoms with van der Waals surface area (Å²) in [5, 5.41) is 2.76. The van der Waals surface area contributed by atoms with Crippen LogP contribution in [-0.4, -0.2) is 26.3 Å². The van der Waals surface area contributed by atoms with Gasteiger partial charge in [0.05, 0.1) is 4.90 Å². The topological polar surface area (TPSA) is 102 Å². The molecule has 0 aliphatic rings. The largest absolute Gasteiger partial charge is 0.427 e. The van der Waals surface area contributed by atoms with Crippen LogP contribution >= 0.6 is 0 Å². The van der Waals surface area contributed by atoms with Crippen molar-refractivity contribution in [1.82, 2.24) is 4.72 Å². The highest BCUT2D eigenvalue weighted by molar-refractivity contribution is 7.89. The van der Waals surface area contributed by atoms with Gasteiger partial charge in [0, 0.05) is 24.2 Å². The van der Waals surface area contributed by atoms with E-state index >= 15 is 0 Å². The molecule has 0 aliphatic heterocycles. The molecule has 0 saturated heterocycles. The minimum atomic E-state index is -3.58. The van der Waals surface area contributed by atoms with Crippen LogP contribution in [0.3, 0.4) is 0 Å². The molecule has 0 atom stereocenters. The van der Waals surface area contributed by atoms with Gasteiger partial charge in [-0.25, -0.2) is 13.1 Å². The van der Waals surface area contributed by atoms with E-state index in [9.17, 15) is 18.0 Å². The molecule has 3 aromatic carbocycles. The Labute approximate surface area is 187 Å². The Kier molecular flexibility index (Phi) is 7.07. The van der Waals surface area contributed by atoms with Crippen LogP contribution in [0.5, 0.6) is 5.75 Å². The average molecular weight is 453 g/mol. The Morgan fingerprint density at radius 3 is 1.84 bits per heavy atom. The van der Waals surface area contributed by atoms with E-state index in [4.69, 9.17) is 4.74 Å². The number of hydrogen-bond acceptors (Lipinski definition) is 5. The highest BCUT2D eigenvalue weighted by atomic mass is 32.2. The second-order valence-electron chi connectivity index (χ2n) is 7.45. The summed E-state index contributed by atoms with van der Waals surface area (Å²) in [5.41, 5.74) is 2.77. The van der Waals surface area contributed by atoms with Crippen LogP contribution in [0, 0.1) is 0 Å². The van der Waals surface area contributed by atoms with Crippen molar-refractivity contribution in [1.29, 1.82) is 0 Å². The van der Waals surface area contributed by atoms with Gasteiger partial charge in [-0.15, -0.1) is 0 Å². The van der Waals surface area contributed by atoms with E-state index in [1.807, 2.05) is 24.3 Å². The van der Waals surface area contributed by atoms with E-state index in [2.05, 4.69) is 10.0 Å². The fourth-order valence-corrected chi connectivity index (χ4v) is 4.25. The fourth-order valence-electron chi connectivity index (χ4n) is 2.99. The monoisotopic (exact) mass is 452 g/mol. The number of carbonyl (C=O) groups excluding carboxylic acids is 2. The van der Waals surface area contributed by atoms with Crippen molar-refractivity contribution in [2.24, 2.45) is 0 Å². The zero-order valence-electron chi connectivity index (χ0n) is 18.0. The van der Waals surface area contributed by atoms with Crippen LogP contribution in [0.2, 0.25) is 0 Å². The molecule has 166 valence electrons. The molecule has 0 spiro atoms. The second-order valence-corrected chi connectivity index (χ2v) is 9.16. The quantitative estimate of drug-likeness (QED) is 0.413. The maximum absolute atomic E-state index is 12.5. The predicted molar refractivity (Wildman–Crippen MR) is 123 cm³/mol.